The number of aromatic nitrogens is 1. The monoisotopic (exact) mass is 614 g/mol. The summed E-state index contributed by atoms with van der Waals surface area (Å²) in [6, 6.07) is 20.5. The summed E-state index contributed by atoms with van der Waals surface area (Å²) in [5.41, 5.74) is 3.64. The summed E-state index contributed by atoms with van der Waals surface area (Å²) >= 11 is 1.55. The maximum Gasteiger partial charge on any atom is 0.252 e. The van der Waals surface area contributed by atoms with Crippen LogP contribution in [0.5, 0.6) is 0 Å². The number of carbonyl (C=O) groups is 3. The van der Waals surface area contributed by atoms with E-state index in [-0.39, 0.29) is 23.8 Å². The molecule has 1 saturated heterocycles. The number of thiazole rings is 1. The van der Waals surface area contributed by atoms with Gasteiger partial charge in [0.25, 0.3) is 5.91 Å². The molecule has 5 aromatic rings. The molecule has 0 saturated carbocycles. The van der Waals surface area contributed by atoms with Gasteiger partial charge >= 0.3 is 0 Å². The number of nitrogens with one attached hydrogen (secondary N) is 1. The lowest BCUT2D eigenvalue weighted by Crippen LogP contribution is -2.45. The Morgan fingerprint density at radius 3 is 2.49 bits per heavy atom. The van der Waals surface area contributed by atoms with Crippen LogP contribution in [0.2, 0.25) is 0 Å². The zero-order valence-electron chi connectivity index (χ0n) is 23.2. The molecule has 2 aromatic heterocycles. The standard InChI is InChI=1S/C31H26N4O6S2/c1-19-5-14-26-28(16-19)42-30(33-26)21-6-10-23(11-7-21)35-29(37)17-27(31(35)38)34(18-24-4-3-15-41-24)43(39,40)25-12-8-22(9-13-25)32-20(2)36/h3-16,27H,17-18H2,1-2H3,(H,32,36). The molecule has 6 rings (SSSR count). The molecule has 0 spiro atoms. The summed E-state index contributed by atoms with van der Waals surface area (Å²) in [5, 5.41) is 3.40. The SMILES string of the molecule is CC(=O)Nc1ccc(S(=O)(=O)N(Cc2ccco2)C2CC(=O)N(c3ccc(-c4nc5ccc(C)cc5s4)cc3)C2=O)cc1. The highest BCUT2D eigenvalue weighted by Crippen LogP contribution is 2.34. The van der Waals surface area contributed by atoms with E-state index in [1.54, 1.807) is 47.7 Å². The number of benzene rings is 3. The van der Waals surface area contributed by atoms with Gasteiger partial charge in [-0.2, -0.15) is 4.31 Å². The molecule has 1 fully saturated rings. The van der Waals surface area contributed by atoms with E-state index in [2.05, 4.69) is 11.4 Å². The Hall–Kier alpha value is -4.65. The van der Waals surface area contributed by atoms with Crippen molar-refractivity contribution in [1.29, 1.82) is 0 Å². The van der Waals surface area contributed by atoms with Crippen LogP contribution in [-0.4, -0.2) is 41.5 Å². The number of anilines is 2. The molecule has 0 radical (unpaired) electrons. The van der Waals surface area contributed by atoms with Crippen molar-refractivity contribution in [3.8, 4) is 10.6 Å². The Bertz CT molecular complexity index is 1950. The first-order valence-corrected chi connectivity index (χ1v) is 15.6. The van der Waals surface area contributed by atoms with Crippen LogP contribution in [0, 0.1) is 6.92 Å². The summed E-state index contributed by atoms with van der Waals surface area (Å²) < 4.78 is 35.2. The number of fused-ring (bicyclic) bond motifs is 1. The number of amides is 3. The predicted molar refractivity (Wildman–Crippen MR) is 163 cm³/mol. The van der Waals surface area contributed by atoms with Gasteiger partial charge in [-0.3, -0.25) is 14.4 Å². The van der Waals surface area contributed by atoms with Crippen LogP contribution in [0.25, 0.3) is 20.8 Å². The summed E-state index contributed by atoms with van der Waals surface area (Å²) in [6.07, 6.45) is 1.08. The van der Waals surface area contributed by atoms with Gasteiger partial charge < -0.3 is 9.73 Å². The molecule has 10 nitrogen and oxygen atoms in total. The van der Waals surface area contributed by atoms with E-state index in [1.807, 2.05) is 19.1 Å². The molecule has 0 bridgehead atoms. The Kier molecular flexibility index (Phi) is 7.42. The smallest absolute Gasteiger partial charge is 0.252 e. The number of nitrogens with zero attached hydrogens (tertiary/aromatic N) is 3. The maximum absolute atomic E-state index is 13.9. The third kappa shape index (κ3) is 5.59. The largest absolute Gasteiger partial charge is 0.468 e. The Labute approximate surface area is 251 Å². The normalized spacial score (nSPS) is 15.5. The molecule has 1 N–H and O–H groups in total. The minimum Gasteiger partial charge on any atom is -0.468 e. The second kappa shape index (κ2) is 11.2. The first kappa shape index (κ1) is 28.5. The van der Waals surface area contributed by atoms with E-state index in [0.717, 1.165) is 35.6 Å². The van der Waals surface area contributed by atoms with E-state index < -0.39 is 27.9 Å². The van der Waals surface area contributed by atoms with E-state index in [0.29, 0.717) is 17.1 Å². The molecule has 0 aliphatic carbocycles. The fourth-order valence-corrected chi connectivity index (χ4v) is 7.61. The number of hydrogen-bond donors (Lipinski definition) is 1. The molecule has 12 heteroatoms. The molecule has 218 valence electrons. The van der Waals surface area contributed by atoms with Crippen LogP contribution in [0.1, 0.15) is 24.7 Å². The van der Waals surface area contributed by atoms with Gasteiger partial charge in [0.1, 0.15) is 16.8 Å². The molecule has 1 aliphatic rings. The number of furan rings is 1. The van der Waals surface area contributed by atoms with Crippen molar-refractivity contribution in [3.05, 3.63) is 96.4 Å². The van der Waals surface area contributed by atoms with Crippen molar-refractivity contribution in [2.75, 3.05) is 10.2 Å². The van der Waals surface area contributed by atoms with Gasteiger partial charge in [0.2, 0.25) is 21.8 Å². The number of sulfonamides is 1. The van der Waals surface area contributed by atoms with Crippen molar-refractivity contribution < 1.29 is 27.2 Å². The van der Waals surface area contributed by atoms with Crippen LogP contribution in [0.3, 0.4) is 0 Å². The second-order valence-corrected chi connectivity index (χ2v) is 13.1. The van der Waals surface area contributed by atoms with Gasteiger partial charge in [0.05, 0.1) is 40.0 Å². The lowest BCUT2D eigenvalue weighted by Gasteiger charge is -2.26. The van der Waals surface area contributed by atoms with Gasteiger partial charge in [0, 0.05) is 18.2 Å². The third-order valence-corrected chi connectivity index (χ3v) is 10.00. The van der Waals surface area contributed by atoms with Gasteiger partial charge in [-0.25, -0.2) is 18.3 Å². The van der Waals surface area contributed by atoms with Crippen molar-refractivity contribution in [2.24, 2.45) is 0 Å². The predicted octanol–water partition coefficient (Wildman–Crippen LogP) is 5.35. The topological polar surface area (TPSA) is 130 Å². The zero-order valence-corrected chi connectivity index (χ0v) is 24.8. The van der Waals surface area contributed by atoms with E-state index in [9.17, 15) is 22.8 Å². The van der Waals surface area contributed by atoms with E-state index in [4.69, 9.17) is 9.40 Å². The number of aryl methyl sites for hydroxylation is 1. The van der Waals surface area contributed by atoms with Crippen molar-refractivity contribution in [2.45, 2.75) is 37.8 Å². The molecule has 3 amide bonds. The molecule has 43 heavy (non-hydrogen) atoms. The molecular formula is C31H26N4O6S2. The van der Waals surface area contributed by atoms with Gasteiger partial charge in [0.15, 0.2) is 0 Å². The molecule has 3 aromatic carbocycles. The number of rotatable bonds is 8. The fraction of sp³-hybridized carbons (Fsp3) is 0.161. The van der Waals surface area contributed by atoms with Crippen molar-refractivity contribution >= 4 is 60.7 Å². The second-order valence-electron chi connectivity index (χ2n) is 10.2. The van der Waals surface area contributed by atoms with Crippen LogP contribution >= 0.6 is 11.3 Å². The minimum absolute atomic E-state index is 0.0951. The fourth-order valence-electron chi connectivity index (χ4n) is 4.99. The summed E-state index contributed by atoms with van der Waals surface area (Å²) in [6.45, 7) is 3.12. The van der Waals surface area contributed by atoms with Gasteiger partial charge in [-0.1, -0.05) is 6.07 Å². The molecule has 3 heterocycles. The van der Waals surface area contributed by atoms with Crippen LogP contribution < -0.4 is 10.2 Å². The average Bonchev–Trinajstić information content (AvgIpc) is 3.71. The van der Waals surface area contributed by atoms with Gasteiger partial charge in [-0.05, 0) is 85.3 Å². The lowest BCUT2D eigenvalue weighted by atomic mass is 10.2. The Balaban J connectivity index is 1.29. The van der Waals surface area contributed by atoms with E-state index >= 15 is 0 Å². The highest BCUT2D eigenvalue weighted by Gasteiger charge is 2.47. The van der Waals surface area contributed by atoms with Crippen molar-refractivity contribution in [1.82, 2.24) is 9.29 Å². The van der Waals surface area contributed by atoms with Crippen LogP contribution in [0.15, 0.2) is 94.4 Å². The minimum atomic E-state index is -4.27. The highest BCUT2D eigenvalue weighted by atomic mass is 32.2. The molecule has 1 unspecified atom stereocenters. The highest BCUT2D eigenvalue weighted by molar-refractivity contribution is 7.89. The van der Waals surface area contributed by atoms with Crippen LogP contribution in [0.4, 0.5) is 11.4 Å². The van der Waals surface area contributed by atoms with Crippen molar-refractivity contribution in [3.63, 3.8) is 0 Å². The van der Waals surface area contributed by atoms with E-state index in [1.165, 1.54) is 37.5 Å². The molecular weight excluding hydrogens is 588 g/mol. The Morgan fingerprint density at radius 2 is 1.81 bits per heavy atom. The number of imide groups is 1. The first-order valence-electron chi connectivity index (χ1n) is 13.4. The summed E-state index contributed by atoms with van der Waals surface area (Å²) in [7, 11) is -4.27. The quantitative estimate of drug-likeness (QED) is 0.233. The summed E-state index contributed by atoms with van der Waals surface area (Å²) in [4.78, 5) is 44.0. The maximum atomic E-state index is 13.9. The zero-order chi connectivity index (χ0) is 30.3. The summed E-state index contributed by atoms with van der Waals surface area (Å²) in [5.74, 6) is -1.15. The third-order valence-electron chi connectivity index (χ3n) is 7.06. The average molecular weight is 615 g/mol. The van der Waals surface area contributed by atoms with Crippen LogP contribution in [-0.2, 0) is 31.0 Å². The molecule has 1 atom stereocenters. The Morgan fingerprint density at radius 1 is 1.07 bits per heavy atom. The number of carbonyl (C=O) groups excluding carboxylic acids is 3. The molecule has 1 aliphatic heterocycles. The first-order chi connectivity index (χ1) is 20.6. The number of hydrogen-bond acceptors (Lipinski definition) is 8. The lowest BCUT2D eigenvalue weighted by molar-refractivity contribution is -0.122. The van der Waals surface area contributed by atoms with Gasteiger partial charge in [-0.15, -0.1) is 11.3 Å².